The fourth-order valence-electron chi connectivity index (χ4n) is 1.24. The van der Waals surface area contributed by atoms with Crippen LogP contribution in [0.5, 0.6) is 0 Å². The van der Waals surface area contributed by atoms with Gasteiger partial charge in [0.1, 0.15) is 0 Å². The highest BCUT2D eigenvalue weighted by Gasteiger charge is 2.27. The fraction of sp³-hybridized carbons (Fsp3) is 0.182. The third-order valence-electron chi connectivity index (χ3n) is 1.99. The number of amides is 3. The maximum atomic E-state index is 11.2. The summed E-state index contributed by atoms with van der Waals surface area (Å²) in [5, 5.41) is 4.50. The summed E-state index contributed by atoms with van der Waals surface area (Å²) in [6, 6.07) is -1.28. The van der Waals surface area contributed by atoms with E-state index in [-0.39, 0.29) is 0 Å². The predicted molar refractivity (Wildman–Crippen MR) is 58.6 cm³/mol. The number of allylic oxidation sites excluding steroid dienone is 3. The molecule has 3 amide bonds. The number of hydrogen-bond donors (Lipinski definition) is 2. The van der Waals surface area contributed by atoms with Gasteiger partial charge in [-0.05, 0) is 6.08 Å². The smallest absolute Gasteiger partial charge is 0.316 e. The third kappa shape index (κ3) is 2.36. The maximum absolute atomic E-state index is 11.2. The Morgan fingerprint density at radius 3 is 3.06 bits per heavy atom. The Morgan fingerprint density at radius 2 is 2.31 bits per heavy atom. The molecule has 5 nitrogen and oxygen atoms in total. The van der Waals surface area contributed by atoms with Crippen molar-refractivity contribution in [3.63, 3.8) is 0 Å². The molecule has 1 atom stereocenters. The van der Waals surface area contributed by atoms with Crippen LogP contribution in [0.3, 0.4) is 0 Å². The van der Waals surface area contributed by atoms with Crippen molar-refractivity contribution in [3.8, 4) is 11.8 Å². The lowest BCUT2D eigenvalue weighted by molar-refractivity contribution is -0.119. The van der Waals surface area contributed by atoms with Crippen LogP contribution < -0.4 is 10.6 Å². The summed E-state index contributed by atoms with van der Waals surface area (Å²) >= 11 is 0. The van der Waals surface area contributed by atoms with Gasteiger partial charge in [-0.1, -0.05) is 17.9 Å². The number of hydrogen-bond acceptors (Lipinski definition) is 3. The molecular weight excluding hydrogens is 206 g/mol. The summed E-state index contributed by atoms with van der Waals surface area (Å²) in [5.41, 5.74) is 0.711. The van der Waals surface area contributed by atoms with Crippen LogP contribution in [0, 0.1) is 11.8 Å². The summed E-state index contributed by atoms with van der Waals surface area (Å²) in [6.07, 6.45) is 7.89. The first-order valence-corrected chi connectivity index (χ1v) is 4.77. The van der Waals surface area contributed by atoms with Crippen LogP contribution in [-0.4, -0.2) is 24.2 Å². The lowest BCUT2D eigenvalue weighted by Crippen LogP contribution is -2.26. The van der Waals surface area contributed by atoms with Gasteiger partial charge in [-0.25, -0.2) is 4.79 Å². The molecule has 2 N–H and O–H groups in total. The summed E-state index contributed by atoms with van der Waals surface area (Å²) in [6.45, 7) is 0. The van der Waals surface area contributed by atoms with E-state index in [4.69, 9.17) is 0 Å². The Balaban J connectivity index is 2.10. The monoisotopic (exact) mass is 215 g/mol. The van der Waals surface area contributed by atoms with E-state index < -0.39 is 18.0 Å². The molecule has 5 heteroatoms. The van der Waals surface area contributed by atoms with Crippen LogP contribution >= 0.6 is 0 Å². The number of urea groups is 1. The quantitative estimate of drug-likeness (QED) is 0.445. The molecule has 2 aliphatic rings. The van der Waals surface area contributed by atoms with Gasteiger partial charge in [0, 0.05) is 24.4 Å². The first-order chi connectivity index (χ1) is 7.75. The second-order valence-corrected chi connectivity index (χ2v) is 3.22. The van der Waals surface area contributed by atoms with Crippen LogP contribution in [0.15, 0.2) is 28.9 Å². The summed E-state index contributed by atoms with van der Waals surface area (Å²) < 4.78 is 0. The summed E-state index contributed by atoms with van der Waals surface area (Å²) in [4.78, 5) is 26.0. The van der Waals surface area contributed by atoms with Crippen LogP contribution in [0.1, 0.15) is 6.42 Å². The molecule has 1 fully saturated rings. The number of nitrogens with one attached hydrogen (secondary N) is 2. The van der Waals surface area contributed by atoms with Crippen molar-refractivity contribution in [2.75, 3.05) is 0 Å². The molecule has 16 heavy (non-hydrogen) atoms. The van der Waals surface area contributed by atoms with Gasteiger partial charge < -0.3 is 5.32 Å². The highest BCUT2D eigenvalue weighted by atomic mass is 16.2. The zero-order chi connectivity index (χ0) is 11.4. The Hall–Kier alpha value is -2.35. The summed E-state index contributed by atoms with van der Waals surface area (Å²) in [5.74, 6) is 5.04. The van der Waals surface area contributed by atoms with E-state index in [1.165, 1.54) is 0 Å². The molecule has 2 rings (SSSR count). The number of nitrogens with zero attached hydrogens (tertiary/aromatic N) is 1. The van der Waals surface area contributed by atoms with Crippen LogP contribution in [-0.2, 0) is 4.79 Å². The molecule has 0 spiro atoms. The summed E-state index contributed by atoms with van der Waals surface area (Å²) in [7, 11) is 0. The standard InChI is InChI=1S/C11H9N3O2/c15-10-9(13-11(16)14-10)5-4-8-3-1-2-6-12-7-8/h1,3,6-7,9H,2H2,(H2,13,14,15,16). The van der Waals surface area contributed by atoms with E-state index in [2.05, 4.69) is 27.5 Å². The number of aliphatic imine (C=N–C) groups is 1. The average molecular weight is 215 g/mol. The molecule has 80 valence electrons. The van der Waals surface area contributed by atoms with Gasteiger partial charge >= 0.3 is 6.03 Å². The number of rotatable bonds is 0. The van der Waals surface area contributed by atoms with Crippen molar-refractivity contribution in [2.24, 2.45) is 4.99 Å². The Kier molecular flexibility index (Phi) is 2.83. The highest BCUT2D eigenvalue weighted by molar-refractivity contribution is 6.05. The van der Waals surface area contributed by atoms with Crippen molar-refractivity contribution in [1.82, 2.24) is 10.6 Å². The van der Waals surface area contributed by atoms with Gasteiger partial charge in [-0.2, -0.15) is 0 Å². The molecule has 0 bridgehead atoms. The second kappa shape index (κ2) is 4.45. The molecule has 2 heterocycles. The minimum atomic E-state index is -0.769. The molecule has 1 unspecified atom stereocenters. The van der Waals surface area contributed by atoms with E-state index in [0.717, 1.165) is 6.42 Å². The van der Waals surface area contributed by atoms with Gasteiger partial charge in [0.2, 0.25) is 0 Å². The Bertz CT molecular complexity index is 477. The zero-order valence-electron chi connectivity index (χ0n) is 8.36. The van der Waals surface area contributed by atoms with Crippen molar-refractivity contribution < 1.29 is 9.59 Å². The van der Waals surface area contributed by atoms with E-state index in [9.17, 15) is 9.59 Å². The zero-order valence-corrected chi connectivity index (χ0v) is 8.36. The molecule has 0 aromatic carbocycles. The van der Waals surface area contributed by atoms with Gasteiger partial charge in [0.15, 0.2) is 6.04 Å². The molecule has 2 aliphatic heterocycles. The topological polar surface area (TPSA) is 70.6 Å². The Morgan fingerprint density at radius 1 is 1.44 bits per heavy atom. The van der Waals surface area contributed by atoms with Crippen molar-refractivity contribution in [3.05, 3.63) is 23.9 Å². The van der Waals surface area contributed by atoms with Gasteiger partial charge in [0.05, 0.1) is 0 Å². The van der Waals surface area contributed by atoms with Gasteiger partial charge in [-0.15, -0.1) is 0 Å². The number of carbonyl (C=O) groups excluding carboxylic acids is 2. The molecular formula is C11H9N3O2. The maximum Gasteiger partial charge on any atom is 0.322 e. The minimum absolute atomic E-state index is 0.417. The lowest BCUT2D eigenvalue weighted by atomic mass is 10.2. The van der Waals surface area contributed by atoms with Crippen molar-refractivity contribution in [1.29, 1.82) is 0 Å². The first kappa shape index (κ1) is 10.2. The fourth-order valence-corrected chi connectivity index (χ4v) is 1.24. The SMILES string of the molecule is O=C1NC(=O)C(C#CC2=CN=CCC=C2)N1. The molecule has 1 saturated heterocycles. The van der Waals surface area contributed by atoms with E-state index in [1.807, 2.05) is 12.2 Å². The van der Waals surface area contributed by atoms with Crippen molar-refractivity contribution >= 4 is 18.2 Å². The minimum Gasteiger partial charge on any atom is -0.316 e. The van der Waals surface area contributed by atoms with E-state index >= 15 is 0 Å². The van der Waals surface area contributed by atoms with E-state index in [1.54, 1.807) is 12.4 Å². The number of carbonyl (C=O) groups is 2. The second-order valence-electron chi connectivity index (χ2n) is 3.22. The molecule has 0 aromatic heterocycles. The molecule has 0 saturated carbocycles. The molecule has 0 aliphatic carbocycles. The lowest BCUT2D eigenvalue weighted by Gasteiger charge is -1.94. The normalized spacial score (nSPS) is 22.8. The largest absolute Gasteiger partial charge is 0.322 e. The third-order valence-corrected chi connectivity index (χ3v) is 1.99. The van der Waals surface area contributed by atoms with Crippen molar-refractivity contribution in [2.45, 2.75) is 12.5 Å². The number of imide groups is 1. The van der Waals surface area contributed by atoms with Gasteiger partial charge in [0.25, 0.3) is 5.91 Å². The van der Waals surface area contributed by atoms with Crippen LogP contribution in [0.2, 0.25) is 0 Å². The van der Waals surface area contributed by atoms with E-state index in [0.29, 0.717) is 5.57 Å². The highest BCUT2D eigenvalue weighted by Crippen LogP contribution is 2.01. The van der Waals surface area contributed by atoms with Crippen LogP contribution in [0.25, 0.3) is 0 Å². The molecule has 0 aromatic rings. The Labute approximate surface area is 92.3 Å². The average Bonchev–Trinajstić information content (AvgIpc) is 2.48. The first-order valence-electron chi connectivity index (χ1n) is 4.77. The van der Waals surface area contributed by atoms with Crippen LogP contribution in [0.4, 0.5) is 4.79 Å². The van der Waals surface area contributed by atoms with Gasteiger partial charge in [-0.3, -0.25) is 15.1 Å². The predicted octanol–water partition coefficient (Wildman–Crippen LogP) is 0.112. The molecule has 0 radical (unpaired) electrons.